The maximum Gasteiger partial charge on any atom is 0.122 e. The Morgan fingerprint density at radius 2 is 2.46 bits per heavy atom. The second-order valence-corrected chi connectivity index (χ2v) is 3.83. The minimum absolute atomic E-state index is 0.738. The van der Waals surface area contributed by atoms with Gasteiger partial charge in [-0.1, -0.05) is 6.92 Å². The van der Waals surface area contributed by atoms with Crippen molar-refractivity contribution in [3.8, 4) is 0 Å². The third-order valence-corrected chi connectivity index (χ3v) is 2.77. The van der Waals surface area contributed by atoms with Crippen LogP contribution in [0.15, 0.2) is 12.4 Å². The summed E-state index contributed by atoms with van der Waals surface area (Å²) >= 11 is 0. The van der Waals surface area contributed by atoms with Gasteiger partial charge in [0, 0.05) is 25.0 Å². The largest absolute Gasteiger partial charge is 0.334 e. The highest BCUT2D eigenvalue weighted by atomic mass is 15.1. The topological polar surface area (TPSA) is 29.9 Å². The van der Waals surface area contributed by atoms with Gasteiger partial charge in [0.2, 0.25) is 0 Å². The normalized spacial score (nSPS) is 26.3. The number of hydrogen-bond acceptors (Lipinski definition) is 2. The van der Waals surface area contributed by atoms with E-state index >= 15 is 0 Å². The van der Waals surface area contributed by atoms with Crippen LogP contribution in [-0.2, 0) is 13.1 Å². The van der Waals surface area contributed by atoms with Gasteiger partial charge in [0.1, 0.15) is 5.82 Å². The molecule has 0 aliphatic heterocycles. The predicted molar refractivity (Wildman–Crippen MR) is 52.3 cm³/mol. The fourth-order valence-electron chi connectivity index (χ4n) is 1.62. The quantitative estimate of drug-likeness (QED) is 0.757. The van der Waals surface area contributed by atoms with Gasteiger partial charge in [0.25, 0.3) is 0 Å². The Hall–Kier alpha value is -0.830. The molecule has 2 rings (SSSR count). The molecule has 0 aromatic carbocycles. The van der Waals surface area contributed by atoms with E-state index in [1.165, 1.54) is 6.42 Å². The number of rotatable bonds is 4. The Balaban J connectivity index is 1.86. The van der Waals surface area contributed by atoms with E-state index in [2.05, 4.69) is 28.7 Å². The third kappa shape index (κ3) is 1.91. The minimum Gasteiger partial charge on any atom is -0.334 e. The van der Waals surface area contributed by atoms with E-state index in [1.807, 2.05) is 12.4 Å². The lowest BCUT2D eigenvalue weighted by Crippen LogP contribution is -2.19. The van der Waals surface area contributed by atoms with Gasteiger partial charge in [0.15, 0.2) is 0 Å². The molecule has 1 aromatic heterocycles. The highest BCUT2D eigenvalue weighted by Gasteiger charge is 2.31. The molecule has 1 fully saturated rings. The summed E-state index contributed by atoms with van der Waals surface area (Å²) in [5.74, 6) is 2.02. The summed E-state index contributed by atoms with van der Waals surface area (Å²) in [5.41, 5.74) is 0. The molecule has 0 radical (unpaired) electrons. The lowest BCUT2D eigenvalue weighted by molar-refractivity contribution is 0.593. The third-order valence-electron chi connectivity index (χ3n) is 2.77. The van der Waals surface area contributed by atoms with Crippen LogP contribution < -0.4 is 5.32 Å². The fraction of sp³-hybridized carbons (Fsp3) is 0.700. The van der Waals surface area contributed by atoms with E-state index < -0.39 is 0 Å². The zero-order valence-corrected chi connectivity index (χ0v) is 8.33. The van der Waals surface area contributed by atoms with E-state index in [1.54, 1.807) is 0 Å². The molecule has 0 amide bonds. The maximum absolute atomic E-state index is 4.31. The van der Waals surface area contributed by atoms with Crippen LogP contribution in [0.3, 0.4) is 0 Å². The lowest BCUT2D eigenvalue weighted by Gasteiger charge is -2.05. The average molecular weight is 179 g/mol. The number of aromatic nitrogens is 2. The number of imidazole rings is 1. The van der Waals surface area contributed by atoms with Crippen LogP contribution in [0.5, 0.6) is 0 Å². The monoisotopic (exact) mass is 179 g/mol. The van der Waals surface area contributed by atoms with Crippen LogP contribution in [0, 0.1) is 5.92 Å². The van der Waals surface area contributed by atoms with Crippen LogP contribution in [0.2, 0.25) is 0 Å². The SMILES string of the molecule is CCn1ccnc1CNC1CC1C. The second kappa shape index (κ2) is 3.50. The molecular weight excluding hydrogens is 162 g/mol. The van der Waals surface area contributed by atoms with Crippen molar-refractivity contribution in [2.24, 2.45) is 5.92 Å². The van der Waals surface area contributed by atoms with Gasteiger partial charge < -0.3 is 9.88 Å². The molecule has 1 heterocycles. The van der Waals surface area contributed by atoms with Crippen LogP contribution >= 0.6 is 0 Å². The van der Waals surface area contributed by atoms with E-state index in [4.69, 9.17) is 0 Å². The molecule has 2 unspecified atom stereocenters. The first-order valence-electron chi connectivity index (χ1n) is 5.04. The molecule has 0 saturated heterocycles. The molecule has 13 heavy (non-hydrogen) atoms. The molecule has 1 aromatic rings. The van der Waals surface area contributed by atoms with Crippen molar-refractivity contribution in [2.75, 3.05) is 0 Å². The fourth-order valence-corrected chi connectivity index (χ4v) is 1.62. The van der Waals surface area contributed by atoms with Crippen molar-refractivity contribution >= 4 is 0 Å². The summed E-state index contributed by atoms with van der Waals surface area (Å²) < 4.78 is 2.18. The first-order chi connectivity index (χ1) is 6.31. The molecule has 2 atom stereocenters. The zero-order valence-electron chi connectivity index (χ0n) is 8.33. The van der Waals surface area contributed by atoms with E-state index in [9.17, 15) is 0 Å². The number of aryl methyl sites for hydroxylation is 1. The van der Waals surface area contributed by atoms with Gasteiger partial charge in [0.05, 0.1) is 6.54 Å². The van der Waals surface area contributed by atoms with Crippen molar-refractivity contribution in [3.05, 3.63) is 18.2 Å². The van der Waals surface area contributed by atoms with Crippen LogP contribution in [0.4, 0.5) is 0 Å². The van der Waals surface area contributed by atoms with Gasteiger partial charge in [-0.05, 0) is 19.3 Å². The average Bonchev–Trinajstić information content (AvgIpc) is 2.68. The molecule has 1 saturated carbocycles. The standard InChI is InChI=1S/C10H17N3/c1-3-13-5-4-11-10(13)7-12-9-6-8(9)2/h4-5,8-9,12H,3,6-7H2,1-2H3. The smallest absolute Gasteiger partial charge is 0.122 e. The van der Waals surface area contributed by atoms with E-state index in [0.717, 1.165) is 30.9 Å². The molecule has 1 aliphatic rings. The Morgan fingerprint density at radius 3 is 3.08 bits per heavy atom. The van der Waals surface area contributed by atoms with Gasteiger partial charge in [-0.15, -0.1) is 0 Å². The highest BCUT2D eigenvalue weighted by Crippen LogP contribution is 2.29. The first-order valence-corrected chi connectivity index (χ1v) is 5.04. The molecule has 0 spiro atoms. The molecule has 0 bridgehead atoms. The molecule has 3 heteroatoms. The van der Waals surface area contributed by atoms with Gasteiger partial charge >= 0.3 is 0 Å². The predicted octanol–water partition coefficient (Wildman–Crippen LogP) is 1.40. The molecule has 1 N–H and O–H groups in total. The van der Waals surface area contributed by atoms with E-state index in [-0.39, 0.29) is 0 Å². The van der Waals surface area contributed by atoms with Gasteiger partial charge in [-0.25, -0.2) is 4.98 Å². The molecule has 1 aliphatic carbocycles. The zero-order chi connectivity index (χ0) is 9.26. The summed E-state index contributed by atoms with van der Waals surface area (Å²) in [4.78, 5) is 4.31. The van der Waals surface area contributed by atoms with Crippen molar-refractivity contribution in [1.82, 2.24) is 14.9 Å². The van der Waals surface area contributed by atoms with E-state index in [0.29, 0.717) is 0 Å². The van der Waals surface area contributed by atoms with Gasteiger partial charge in [-0.2, -0.15) is 0 Å². The van der Waals surface area contributed by atoms with Crippen LogP contribution in [0.25, 0.3) is 0 Å². The number of nitrogens with zero attached hydrogens (tertiary/aromatic N) is 2. The van der Waals surface area contributed by atoms with Crippen LogP contribution in [-0.4, -0.2) is 15.6 Å². The summed E-state index contributed by atoms with van der Waals surface area (Å²) in [5, 5.41) is 3.50. The van der Waals surface area contributed by atoms with Gasteiger partial charge in [-0.3, -0.25) is 0 Å². The molecule has 72 valence electrons. The number of nitrogens with one attached hydrogen (secondary N) is 1. The van der Waals surface area contributed by atoms with Crippen molar-refractivity contribution in [3.63, 3.8) is 0 Å². The Bertz CT molecular complexity index is 279. The van der Waals surface area contributed by atoms with Crippen molar-refractivity contribution in [1.29, 1.82) is 0 Å². The molecular formula is C10H17N3. The number of hydrogen-bond donors (Lipinski definition) is 1. The Morgan fingerprint density at radius 1 is 1.69 bits per heavy atom. The second-order valence-electron chi connectivity index (χ2n) is 3.83. The van der Waals surface area contributed by atoms with Crippen LogP contribution in [0.1, 0.15) is 26.1 Å². The maximum atomic E-state index is 4.31. The minimum atomic E-state index is 0.738. The summed E-state index contributed by atoms with van der Waals surface area (Å²) in [6.07, 6.45) is 5.23. The summed E-state index contributed by atoms with van der Waals surface area (Å²) in [6.45, 7) is 6.35. The first kappa shape index (κ1) is 8.75. The summed E-state index contributed by atoms with van der Waals surface area (Å²) in [6, 6.07) is 0.738. The summed E-state index contributed by atoms with van der Waals surface area (Å²) in [7, 11) is 0. The van der Waals surface area contributed by atoms with Crippen molar-refractivity contribution in [2.45, 2.75) is 39.4 Å². The van der Waals surface area contributed by atoms with Crippen molar-refractivity contribution < 1.29 is 0 Å². The Labute approximate surface area is 79.2 Å². The Kier molecular flexibility index (Phi) is 2.36. The molecule has 3 nitrogen and oxygen atoms in total. The lowest BCUT2D eigenvalue weighted by atomic mass is 10.4. The highest BCUT2D eigenvalue weighted by molar-refractivity contribution is 4.95.